The Balaban J connectivity index is 1.64. The van der Waals surface area contributed by atoms with E-state index in [0.717, 1.165) is 24.9 Å². The first-order valence-corrected chi connectivity index (χ1v) is 9.29. The van der Waals surface area contributed by atoms with Gasteiger partial charge in [0, 0.05) is 29.0 Å². The molecule has 142 valence electrons. The van der Waals surface area contributed by atoms with Gasteiger partial charge in [0.2, 0.25) is 0 Å². The maximum Gasteiger partial charge on any atom is 0.323 e. The van der Waals surface area contributed by atoms with E-state index in [1.54, 1.807) is 12.1 Å². The summed E-state index contributed by atoms with van der Waals surface area (Å²) in [5.41, 5.74) is 2.77. The van der Waals surface area contributed by atoms with E-state index in [1.807, 2.05) is 43.3 Å². The van der Waals surface area contributed by atoms with Gasteiger partial charge in [0.25, 0.3) is 5.91 Å². The number of hydrogen-bond acceptors (Lipinski definition) is 3. The minimum atomic E-state index is -0.339. The van der Waals surface area contributed by atoms with E-state index >= 15 is 0 Å². The molecule has 0 spiro atoms. The van der Waals surface area contributed by atoms with Crippen LogP contribution in [0.1, 0.15) is 35.7 Å². The normalized spacial score (nSPS) is 19.2. The van der Waals surface area contributed by atoms with Crippen molar-refractivity contribution in [1.29, 1.82) is 0 Å². The number of nitrogens with one attached hydrogen (secondary N) is 4. The van der Waals surface area contributed by atoms with Gasteiger partial charge >= 0.3 is 6.03 Å². The molecule has 27 heavy (non-hydrogen) atoms. The maximum absolute atomic E-state index is 12.6. The molecule has 1 aliphatic heterocycles. The number of carbonyl (C=O) groups is 2. The van der Waals surface area contributed by atoms with E-state index in [9.17, 15) is 9.59 Å². The van der Waals surface area contributed by atoms with Gasteiger partial charge in [-0.25, -0.2) is 4.79 Å². The zero-order valence-corrected chi connectivity index (χ0v) is 15.7. The fourth-order valence-corrected chi connectivity index (χ4v) is 3.24. The largest absolute Gasteiger partial charge is 0.349 e. The third-order valence-electron chi connectivity index (χ3n) is 4.74. The topological polar surface area (TPSA) is 82.3 Å². The van der Waals surface area contributed by atoms with Crippen LogP contribution in [0.25, 0.3) is 0 Å². The highest BCUT2D eigenvalue weighted by atomic mass is 16.2. The molecule has 2 aromatic carbocycles. The number of rotatable bonds is 4. The van der Waals surface area contributed by atoms with E-state index in [4.69, 9.17) is 0 Å². The van der Waals surface area contributed by atoms with E-state index in [2.05, 4.69) is 28.2 Å². The number of aryl methyl sites for hydroxylation is 1. The highest BCUT2D eigenvalue weighted by molar-refractivity contribution is 6.02. The van der Waals surface area contributed by atoms with Gasteiger partial charge in [-0.15, -0.1) is 0 Å². The Labute approximate surface area is 159 Å². The first kappa shape index (κ1) is 18.9. The number of hydrogen-bond donors (Lipinski definition) is 4. The molecular formula is C21H26N4O2. The third-order valence-corrected chi connectivity index (χ3v) is 4.74. The zero-order valence-electron chi connectivity index (χ0n) is 15.7. The summed E-state index contributed by atoms with van der Waals surface area (Å²) in [5, 5.41) is 12.1. The smallest absolute Gasteiger partial charge is 0.323 e. The summed E-state index contributed by atoms with van der Waals surface area (Å²) in [5.74, 6) is -0.111. The monoisotopic (exact) mass is 366 g/mol. The van der Waals surface area contributed by atoms with Gasteiger partial charge in [0.1, 0.15) is 0 Å². The molecular weight excluding hydrogens is 340 g/mol. The summed E-state index contributed by atoms with van der Waals surface area (Å²) in [6.07, 6.45) is 1.84. The number of urea groups is 1. The number of para-hydroxylation sites is 1. The molecule has 6 heteroatoms. The second-order valence-electron chi connectivity index (χ2n) is 7.02. The van der Waals surface area contributed by atoms with Crippen molar-refractivity contribution in [2.75, 3.05) is 17.2 Å². The lowest BCUT2D eigenvalue weighted by Crippen LogP contribution is -2.46. The van der Waals surface area contributed by atoms with Gasteiger partial charge in [0.05, 0.1) is 0 Å². The first-order valence-electron chi connectivity index (χ1n) is 9.29. The van der Waals surface area contributed by atoms with Crippen LogP contribution in [0.2, 0.25) is 0 Å². The van der Waals surface area contributed by atoms with Crippen molar-refractivity contribution in [3.63, 3.8) is 0 Å². The Bertz CT molecular complexity index is 807. The molecule has 0 aromatic heterocycles. The molecule has 1 fully saturated rings. The molecule has 1 aliphatic rings. The molecule has 1 saturated heterocycles. The lowest BCUT2D eigenvalue weighted by atomic mass is 10.00. The SMILES string of the molecule is Cc1ccc(C(=O)NC2CCNC(C)C2)cc1NC(=O)Nc1ccccc1. The van der Waals surface area contributed by atoms with Crippen LogP contribution in [-0.4, -0.2) is 30.6 Å². The molecule has 0 radical (unpaired) electrons. The van der Waals surface area contributed by atoms with Gasteiger partial charge in [-0.2, -0.15) is 0 Å². The van der Waals surface area contributed by atoms with Crippen molar-refractivity contribution in [1.82, 2.24) is 10.6 Å². The van der Waals surface area contributed by atoms with Gasteiger partial charge < -0.3 is 21.3 Å². The average Bonchev–Trinajstić information content (AvgIpc) is 2.64. The highest BCUT2D eigenvalue weighted by Gasteiger charge is 2.20. The van der Waals surface area contributed by atoms with Gasteiger partial charge in [-0.1, -0.05) is 24.3 Å². The van der Waals surface area contributed by atoms with Gasteiger partial charge in [-0.3, -0.25) is 4.79 Å². The molecule has 2 aromatic rings. The summed E-state index contributed by atoms with van der Waals surface area (Å²) >= 11 is 0. The Hall–Kier alpha value is -2.86. The minimum absolute atomic E-state index is 0.111. The Morgan fingerprint density at radius 2 is 1.85 bits per heavy atom. The van der Waals surface area contributed by atoms with Crippen LogP contribution < -0.4 is 21.3 Å². The van der Waals surface area contributed by atoms with Crippen molar-refractivity contribution in [2.45, 2.75) is 38.8 Å². The average molecular weight is 366 g/mol. The zero-order chi connectivity index (χ0) is 19.2. The lowest BCUT2D eigenvalue weighted by molar-refractivity contribution is 0.0925. The number of benzene rings is 2. The first-order chi connectivity index (χ1) is 13.0. The lowest BCUT2D eigenvalue weighted by Gasteiger charge is -2.28. The summed E-state index contributed by atoms with van der Waals surface area (Å²) < 4.78 is 0. The maximum atomic E-state index is 12.6. The summed E-state index contributed by atoms with van der Waals surface area (Å²) in [4.78, 5) is 24.8. The molecule has 1 heterocycles. The molecule has 3 rings (SSSR count). The van der Waals surface area contributed by atoms with Crippen molar-refractivity contribution < 1.29 is 9.59 Å². The molecule has 0 aliphatic carbocycles. The molecule has 2 unspecified atom stereocenters. The van der Waals surface area contributed by atoms with Gasteiger partial charge in [-0.05, 0) is 63.1 Å². The van der Waals surface area contributed by atoms with Crippen LogP contribution in [0.5, 0.6) is 0 Å². The molecule has 0 saturated carbocycles. The summed E-state index contributed by atoms with van der Waals surface area (Å²) in [7, 11) is 0. The number of anilines is 2. The van der Waals surface area contributed by atoms with Crippen LogP contribution in [0, 0.1) is 6.92 Å². The van der Waals surface area contributed by atoms with Crippen LogP contribution in [0.15, 0.2) is 48.5 Å². The quantitative estimate of drug-likeness (QED) is 0.668. The molecule has 3 amide bonds. The number of piperidine rings is 1. The molecule has 2 atom stereocenters. The number of amides is 3. The van der Waals surface area contributed by atoms with Crippen molar-refractivity contribution in [3.05, 3.63) is 59.7 Å². The molecule has 0 bridgehead atoms. The second-order valence-corrected chi connectivity index (χ2v) is 7.02. The second kappa shape index (κ2) is 8.68. The van der Waals surface area contributed by atoms with Crippen LogP contribution in [-0.2, 0) is 0 Å². The van der Waals surface area contributed by atoms with Crippen LogP contribution in [0.4, 0.5) is 16.2 Å². The summed E-state index contributed by atoms with van der Waals surface area (Å²) in [6, 6.07) is 14.8. The fraction of sp³-hybridized carbons (Fsp3) is 0.333. The van der Waals surface area contributed by atoms with Crippen molar-refractivity contribution in [2.24, 2.45) is 0 Å². The van der Waals surface area contributed by atoms with Crippen LogP contribution in [0.3, 0.4) is 0 Å². The Morgan fingerprint density at radius 1 is 1.07 bits per heavy atom. The van der Waals surface area contributed by atoms with Crippen molar-refractivity contribution >= 4 is 23.3 Å². The van der Waals surface area contributed by atoms with E-state index in [0.29, 0.717) is 23.0 Å². The molecule has 6 nitrogen and oxygen atoms in total. The predicted octanol–water partition coefficient (Wildman–Crippen LogP) is 3.51. The summed E-state index contributed by atoms with van der Waals surface area (Å²) in [6.45, 7) is 4.93. The van der Waals surface area contributed by atoms with Gasteiger partial charge in [0.15, 0.2) is 0 Å². The van der Waals surface area contributed by atoms with E-state index in [1.165, 1.54) is 0 Å². The van der Waals surface area contributed by atoms with E-state index < -0.39 is 0 Å². The standard InChI is InChI=1S/C21H26N4O2/c1-14-8-9-16(20(26)23-18-10-11-22-15(2)12-18)13-19(14)25-21(27)24-17-6-4-3-5-7-17/h3-9,13,15,18,22H,10-12H2,1-2H3,(H,23,26)(H2,24,25,27). The Kier molecular flexibility index (Phi) is 6.08. The van der Waals surface area contributed by atoms with E-state index in [-0.39, 0.29) is 18.0 Å². The number of carbonyl (C=O) groups excluding carboxylic acids is 2. The van der Waals surface area contributed by atoms with Crippen LogP contribution >= 0.6 is 0 Å². The molecule has 4 N–H and O–H groups in total. The predicted molar refractivity (Wildman–Crippen MR) is 108 cm³/mol. The third kappa shape index (κ3) is 5.31. The Morgan fingerprint density at radius 3 is 2.59 bits per heavy atom. The van der Waals surface area contributed by atoms with Crippen molar-refractivity contribution in [3.8, 4) is 0 Å². The highest BCUT2D eigenvalue weighted by Crippen LogP contribution is 2.18. The fourth-order valence-electron chi connectivity index (χ4n) is 3.24. The minimum Gasteiger partial charge on any atom is -0.349 e.